The van der Waals surface area contributed by atoms with E-state index >= 15 is 0 Å². The lowest BCUT2D eigenvalue weighted by Gasteiger charge is -2.04. The fraction of sp³-hybridized carbons (Fsp3) is 0. The second-order valence-electron chi connectivity index (χ2n) is 5.38. The van der Waals surface area contributed by atoms with Crippen LogP contribution in [0.15, 0.2) is 60.9 Å². The van der Waals surface area contributed by atoms with E-state index < -0.39 is 0 Å². The molecule has 0 aliphatic heterocycles. The van der Waals surface area contributed by atoms with Crippen molar-refractivity contribution in [1.29, 1.82) is 0 Å². The summed E-state index contributed by atoms with van der Waals surface area (Å²) in [4.78, 5) is 9.10. The van der Waals surface area contributed by atoms with Crippen LogP contribution in [0, 0.1) is 0 Å². The first-order valence-corrected chi connectivity index (χ1v) is 7.45. The van der Waals surface area contributed by atoms with Crippen LogP contribution in [0.1, 0.15) is 0 Å². The van der Waals surface area contributed by atoms with Gasteiger partial charge in [-0.05, 0) is 18.2 Å². The van der Waals surface area contributed by atoms with E-state index in [2.05, 4.69) is 30.5 Å². The summed E-state index contributed by atoms with van der Waals surface area (Å²) in [6.07, 6.45) is 3.54. The summed E-state index contributed by atoms with van der Waals surface area (Å²) >= 11 is 0. The number of hydrogen-bond donors (Lipinski definition) is 1. The molecule has 5 rings (SSSR count). The summed E-state index contributed by atoms with van der Waals surface area (Å²) in [5.41, 5.74) is 5.12. The van der Waals surface area contributed by atoms with Crippen LogP contribution in [-0.2, 0) is 0 Å². The van der Waals surface area contributed by atoms with Gasteiger partial charge in [-0.3, -0.25) is 0 Å². The van der Waals surface area contributed by atoms with E-state index in [1.165, 1.54) is 0 Å². The predicted octanol–water partition coefficient (Wildman–Crippen LogP) is 2.75. The zero-order valence-electron chi connectivity index (χ0n) is 12.5. The highest BCUT2D eigenvalue weighted by atomic mass is 15.3. The fourth-order valence-corrected chi connectivity index (χ4v) is 2.71. The molecule has 5 aromatic rings. The number of fused-ring (bicyclic) bond motifs is 2. The van der Waals surface area contributed by atoms with E-state index in [9.17, 15) is 0 Å². The number of H-pyrrole nitrogens is 1. The smallest absolute Gasteiger partial charge is 0.159 e. The van der Waals surface area contributed by atoms with Crippen molar-refractivity contribution in [3.8, 4) is 17.1 Å². The highest BCUT2D eigenvalue weighted by Gasteiger charge is 2.10. The number of hydrogen-bond acceptors (Lipinski definition) is 5. The van der Waals surface area contributed by atoms with Gasteiger partial charge >= 0.3 is 0 Å². The lowest BCUT2D eigenvalue weighted by Crippen LogP contribution is -1.97. The zero-order chi connectivity index (χ0) is 15.9. The third kappa shape index (κ3) is 1.95. The SMILES string of the molecule is c1ccc(-c2ncc3c(cnn3-c3ccc4n[nH]nc4c3)n2)cc1. The van der Waals surface area contributed by atoms with Gasteiger partial charge in [0.25, 0.3) is 0 Å². The Labute approximate surface area is 136 Å². The molecule has 0 aliphatic carbocycles. The Morgan fingerprint density at radius 2 is 1.71 bits per heavy atom. The minimum Gasteiger partial charge on any atom is -0.234 e. The Kier molecular flexibility index (Phi) is 2.66. The maximum absolute atomic E-state index is 4.62. The molecule has 0 spiro atoms. The molecule has 0 unspecified atom stereocenters. The third-order valence-corrected chi connectivity index (χ3v) is 3.90. The van der Waals surface area contributed by atoms with Crippen molar-refractivity contribution in [3.63, 3.8) is 0 Å². The normalized spacial score (nSPS) is 11.3. The van der Waals surface area contributed by atoms with Gasteiger partial charge in [-0.1, -0.05) is 30.3 Å². The van der Waals surface area contributed by atoms with E-state index in [4.69, 9.17) is 0 Å². The molecular weight excluding hydrogens is 302 g/mol. The van der Waals surface area contributed by atoms with E-state index in [0.29, 0.717) is 5.82 Å². The first-order valence-electron chi connectivity index (χ1n) is 7.45. The van der Waals surface area contributed by atoms with Gasteiger partial charge in [-0.15, -0.1) is 0 Å². The molecule has 0 bridgehead atoms. The average molecular weight is 313 g/mol. The minimum atomic E-state index is 0.689. The Morgan fingerprint density at radius 1 is 0.833 bits per heavy atom. The number of aromatic amines is 1. The van der Waals surface area contributed by atoms with Crippen molar-refractivity contribution in [2.75, 3.05) is 0 Å². The second-order valence-corrected chi connectivity index (χ2v) is 5.38. The van der Waals surface area contributed by atoms with Crippen molar-refractivity contribution in [3.05, 3.63) is 60.9 Å². The highest BCUT2D eigenvalue weighted by Crippen LogP contribution is 2.21. The predicted molar refractivity (Wildman–Crippen MR) is 89.5 cm³/mol. The first-order chi connectivity index (χ1) is 11.9. The maximum atomic E-state index is 4.62. The topological polar surface area (TPSA) is 85.2 Å². The van der Waals surface area contributed by atoms with Gasteiger partial charge in [0.05, 0.1) is 18.1 Å². The molecule has 114 valence electrons. The molecule has 1 N–H and O–H groups in total. The number of nitrogens with one attached hydrogen (secondary N) is 1. The summed E-state index contributed by atoms with van der Waals surface area (Å²) < 4.78 is 1.80. The zero-order valence-corrected chi connectivity index (χ0v) is 12.5. The van der Waals surface area contributed by atoms with Crippen LogP contribution < -0.4 is 0 Å². The summed E-state index contributed by atoms with van der Waals surface area (Å²) in [5.74, 6) is 0.689. The minimum absolute atomic E-state index is 0.689. The average Bonchev–Trinajstić information content (AvgIpc) is 3.27. The van der Waals surface area contributed by atoms with E-state index in [1.54, 1.807) is 17.1 Å². The maximum Gasteiger partial charge on any atom is 0.159 e. The van der Waals surface area contributed by atoms with E-state index in [0.717, 1.165) is 33.3 Å². The van der Waals surface area contributed by atoms with E-state index in [1.807, 2.05) is 48.5 Å². The molecule has 0 saturated heterocycles. The van der Waals surface area contributed by atoms with Gasteiger partial charge in [0, 0.05) is 5.56 Å². The number of nitrogens with zero attached hydrogens (tertiary/aromatic N) is 6. The van der Waals surface area contributed by atoms with Gasteiger partial charge in [0.1, 0.15) is 22.1 Å². The summed E-state index contributed by atoms with van der Waals surface area (Å²) in [7, 11) is 0. The molecule has 0 radical (unpaired) electrons. The van der Waals surface area contributed by atoms with Crippen LogP contribution in [0.2, 0.25) is 0 Å². The molecule has 0 aliphatic rings. The van der Waals surface area contributed by atoms with Crippen LogP contribution >= 0.6 is 0 Å². The van der Waals surface area contributed by atoms with Crippen LogP contribution in [0.3, 0.4) is 0 Å². The van der Waals surface area contributed by atoms with E-state index in [-0.39, 0.29) is 0 Å². The standard InChI is InChI=1S/C17H11N7/c1-2-4-11(5-3-1)17-18-10-16-15(20-17)9-19-24(16)12-6-7-13-14(8-12)22-23-21-13/h1-10H,(H,21,22,23). The molecule has 3 heterocycles. The first kappa shape index (κ1) is 12.9. The summed E-state index contributed by atoms with van der Waals surface area (Å²) in [6, 6.07) is 15.7. The van der Waals surface area contributed by atoms with Gasteiger partial charge in [0.15, 0.2) is 5.82 Å². The molecule has 0 saturated carbocycles. The fourth-order valence-electron chi connectivity index (χ4n) is 2.71. The largest absolute Gasteiger partial charge is 0.234 e. The van der Waals surface area contributed by atoms with Crippen LogP contribution in [0.5, 0.6) is 0 Å². The van der Waals surface area contributed by atoms with Crippen LogP contribution in [0.25, 0.3) is 39.1 Å². The number of aromatic nitrogens is 7. The second kappa shape index (κ2) is 4.95. The van der Waals surface area contributed by atoms with Crippen molar-refractivity contribution in [2.24, 2.45) is 0 Å². The monoisotopic (exact) mass is 313 g/mol. The van der Waals surface area contributed by atoms with Gasteiger partial charge in [-0.2, -0.15) is 20.5 Å². The Morgan fingerprint density at radius 3 is 2.62 bits per heavy atom. The molecule has 24 heavy (non-hydrogen) atoms. The number of benzene rings is 2. The molecule has 2 aromatic carbocycles. The van der Waals surface area contributed by atoms with Crippen molar-refractivity contribution in [1.82, 2.24) is 35.2 Å². The molecular formula is C17H11N7. The molecule has 7 heteroatoms. The lowest BCUT2D eigenvalue weighted by molar-refractivity contribution is 0.909. The van der Waals surface area contributed by atoms with Crippen LogP contribution in [-0.4, -0.2) is 35.2 Å². The number of rotatable bonds is 2. The molecule has 7 nitrogen and oxygen atoms in total. The quantitative estimate of drug-likeness (QED) is 0.541. The molecule has 0 fully saturated rings. The molecule has 0 atom stereocenters. The lowest BCUT2D eigenvalue weighted by atomic mass is 10.2. The van der Waals surface area contributed by atoms with Gasteiger partial charge < -0.3 is 0 Å². The molecule has 0 amide bonds. The Balaban J connectivity index is 1.65. The van der Waals surface area contributed by atoms with Crippen LogP contribution in [0.4, 0.5) is 0 Å². The molecule has 3 aromatic heterocycles. The van der Waals surface area contributed by atoms with Gasteiger partial charge in [0.2, 0.25) is 0 Å². The van der Waals surface area contributed by atoms with Gasteiger partial charge in [-0.25, -0.2) is 14.6 Å². The third-order valence-electron chi connectivity index (χ3n) is 3.90. The van der Waals surface area contributed by atoms with Crippen molar-refractivity contribution < 1.29 is 0 Å². The summed E-state index contributed by atoms with van der Waals surface area (Å²) in [6.45, 7) is 0. The van der Waals surface area contributed by atoms with Crippen molar-refractivity contribution in [2.45, 2.75) is 0 Å². The Bertz CT molecular complexity index is 1160. The summed E-state index contributed by atoms with van der Waals surface area (Å²) in [5, 5.41) is 15.2. The Hall–Kier alpha value is -3.61. The van der Waals surface area contributed by atoms with Crippen molar-refractivity contribution >= 4 is 22.1 Å². The highest BCUT2D eigenvalue weighted by molar-refractivity contribution is 5.80.